The van der Waals surface area contributed by atoms with Gasteiger partial charge in [-0.15, -0.1) is 0 Å². The predicted octanol–water partition coefficient (Wildman–Crippen LogP) is 7.27. The molecule has 0 aromatic heterocycles. The Morgan fingerprint density at radius 1 is 0.522 bits per heavy atom. The van der Waals surface area contributed by atoms with Gasteiger partial charge in [0.05, 0.1) is 0 Å². The molecule has 0 unspecified atom stereocenters. The van der Waals surface area contributed by atoms with Crippen molar-refractivity contribution in [3.8, 4) is 0 Å². The van der Waals surface area contributed by atoms with E-state index in [1.165, 1.54) is 55.6 Å². The van der Waals surface area contributed by atoms with Crippen LogP contribution in [0.15, 0.2) is 0 Å². The summed E-state index contributed by atoms with van der Waals surface area (Å²) >= 11 is -1.06. The van der Waals surface area contributed by atoms with E-state index >= 15 is 0 Å². The Bertz CT molecular complexity index is 429. The number of halogens is 2. The first-order valence-electron chi connectivity index (χ1n) is 7.88. The summed E-state index contributed by atoms with van der Waals surface area (Å²) in [5.41, 5.74) is 14.7. The molecule has 3 heteroatoms. The molecule has 0 saturated heterocycles. The van der Waals surface area contributed by atoms with Crippen molar-refractivity contribution < 1.29 is 25.1 Å². The van der Waals surface area contributed by atoms with Gasteiger partial charge in [-0.25, -0.2) is 0 Å². The molecule has 2 aromatic carbocycles. The Balaban J connectivity index is 0.000000360. The van der Waals surface area contributed by atoms with Gasteiger partial charge < -0.3 is 0 Å². The molecule has 0 aliphatic carbocycles. The molecule has 0 heterocycles. The summed E-state index contributed by atoms with van der Waals surface area (Å²) in [6.07, 6.45) is 0. The molecule has 0 N–H and O–H groups in total. The van der Waals surface area contributed by atoms with Crippen LogP contribution < -0.4 is 0 Å². The van der Waals surface area contributed by atoms with Crippen LogP contribution in [-0.4, -0.2) is 0 Å². The summed E-state index contributed by atoms with van der Waals surface area (Å²) in [6, 6.07) is 0. The van der Waals surface area contributed by atoms with E-state index in [9.17, 15) is 0 Å². The minimum atomic E-state index is -1.06. The van der Waals surface area contributed by atoms with Crippen LogP contribution in [-0.2, 0) is 0 Å². The van der Waals surface area contributed by atoms with E-state index in [-0.39, 0.29) is 0 Å². The van der Waals surface area contributed by atoms with Gasteiger partial charge in [-0.1, -0.05) is 69.2 Å². The van der Waals surface area contributed by atoms with E-state index in [4.69, 9.17) is 15.2 Å². The molecule has 0 fully saturated rings. The molecule has 130 valence electrons. The molecule has 2 aromatic rings. The van der Waals surface area contributed by atoms with E-state index < -0.39 is 25.1 Å². The molecule has 0 nitrogen and oxygen atoms in total. The summed E-state index contributed by atoms with van der Waals surface area (Å²) in [5, 5.41) is 0. The summed E-state index contributed by atoms with van der Waals surface area (Å²) in [5.74, 6) is 0. The molecule has 0 atom stereocenters. The molecule has 2 rings (SSSR count). The SMILES string of the molecule is Cc1c(C)c(C)[c-](C)c1C.Cc1c(C)c(C)[c-](C)c1C.[Cl][U][Cl]. The van der Waals surface area contributed by atoms with E-state index in [0.717, 1.165) is 0 Å². The third-order valence-corrected chi connectivity index (χ3v) is 5.62. The van der Waals surface area contributed by atoms with Crippen LogP contribution in [0.4, 0.5) is 0 Å². The van der Waals surface area contributed by atoms with Gasteiger partial charge in [0.25, 0.3) is 0 Å². The monoisotopic (exact) mass is 578 g/mol. The van der Waals surface area contributed by atoms with Crippen LogP contribution in [0.5, 0.6) is 0 Å². The summed E-state index contributed by atoms with van der Waals surface area (Å²) < 4.78 is 0. The fourth-order valence-electron chi connectivity index (χ4n) is 2.81. The van der Waals surface area contributed by atoms with Gasteiger partial charge in [0.1, 0.15) is 0 Å². The zero-order valence-electron chi connectivity index (χ0n) is 16.3. The topological polar surface area (TPSA) is 0 Å². The molecule has 0 radical (unpaired) electrons. The fraction of sp³-hybridized carbons (Fsp3) is 0.500. The molecule has 0 spiro atoms. The number of hydrogen-bond donors (Lipinski definition) is 0. The van der Waals surface area contributed by atoms with Crippen molar-refractivity contribution in [2.75, 3.05) is 0 Å². The Labute approximate surface area is 164 Å². The first-order chi connectivity index (χ1) is 10.5. The second-order valence-electron chi connectivity index (χ2n) is 6.32. The van der Waals surface area contributed by atoms with Crippen molar-refractivity contribution in [2.45, 2.75) is 69.2 Å². The van der Waals surface area contributed by atoms with Crippen LogP contribution in [0, 0.1) is 94.3 Å². The number of rotatable bonds is 0. The van der Waals surface area contributed by atoms with Crippen molar-refractivity contribution in [3.63, 3.8) is 0 Å². The maximum atomic E-state index is 4.97. The quantitative estimate of drug-likeness (QED) is 0.288. The van der Waals surface area contributed by atoms with Crippen molar-refractivity contribution in [3.05, 3.63) is 55.6 Å². The maximum absolute atomic E-state index is 4.97. The Hall–Kier alpha value is 0.332. The van der Waals surface area contributed by atoms with Gasteiger partial charge >= 0.3 is 40.3 Å². The molecule has 0 saturated carbocycles. The van der Waals surface area contributed by atoms with Crippen molar-refractivity contribution >= 4 is 15.2 Å². The summed E-state index contributed by atoms with van der Waals surface area (Å²) in [4.78, 5) is 0. The Kier molecular flexibility index (Phi) is 10.5. The zero-order valence-corrected chi connectivity index (χ0v) is 21.9. The van der Waals surface area contributed by atoms with Crippen LogP contribution in [0.3, 0.4) is 0 Å². The first-order valence-corrected chi connectivity index (χ1v) is 18.1. The predicted molar refractivity (Wildman–Crippen MR) is 103 cm³/mol. The Morgan fingerprint density at radius 3 is 0.696 bits per heavy atom. The zero-order chi connectivity index (χ0) is 18.5. The molecule has 0 aliphatic heterocycles. The third-order valence-electron chi connectivity index (χ3n) is 5.62. The minimum absolute atomic E-state index is 1.06. The van der Waals surface area contributed by atoms with Crippen LogP contribution in [0.2, 0.25) is 0 Å². The second kappa shape index (κ2) is 10.4. The molecule has 0 aliphatic rings. The normalized spacial score (nSPS) is 9.57. The molecule has 23 heavy (non-hydrogen) atoms. The first kappa shape index (κ1) is 23.3. The van der Waals surface area contributed by atoms with E-state index in [2.05, 4.69) is 69.2 Å². The van der Waals surface area contributed by atoms with E-state index in [0.29, 0.717) is 0 Å². The van der Waals surface area contributed by atoms with Crippen LogP contribution >= 0.6 is 15.2 Å². The number of hydrogen-bond acceptors (Lipinski definition) is 0. The average Bonchev–Trinajstić information content (AvgIpc) is 2.80. The average molecular weight is 579 g/mol. The van der Waals surface area contributed by atoms with Crippen molar-refractivity contribution in [1.29, 1.82) is 0 Å². The Morgan fingerprint density at radius 2 is 0.652 bits per heavy atom. The van der Waals surface area contributed by atoms with E-state index in [1.807, 2.05) is 0 Å². The fourth-order valence-corrected chi connectivity index (χ4v) is 2.81. The third kappa shape index (κ3) is 5.68. The molecule has 0 bridgehead atoms. The molecule has 0 amide bonds. The van der Waals surface area contributed by atoms with Crippen molar-refractivity contribution in [2.24, 2.45) is 0 Å². The van der Waals surface area contributed by atoms with Gasteiger partial charge in [-0.2, -0.15) is 55.6 Å². The van der Waals surface area contributed by atoms with Gasteiger partial charge in [-0.05, 0) is 0 Å². The van der Waals surface area contributed by atoms with Gasteiger partial charge in [-0.3, -0.25) is 0 Å². The summed E-state index contributed by atoms with van der Waals surface area (Å²) in [6.45, 7) is 22.0. The van der Waals surface area contributed by atoms with Crippen molar-refractivity contribution in [1.82, 2.24) is 0 Å². The standard InChI is InChI=1S/2C10H15.2ClH.U/c2*1-6-7(2)9(4)10(5)8(6)3;;;/h2*1-5H3;2*1H;/q2*-1;;;+2/p-2. The van der Waals surface area contributed by atoms with Gasteiger partial charge in [0.2, 0.25) is 0 Å². The molecular weight excluding hydrogens is 549 g/mol. The van der Waals surface area contributed by atoms with Crippen LogP contribution in [0.1, 0.15) is 55.6 Å². The van der Waals surface area contributed by atoms with Gasteiger partial charge in [0.15, 0.2) is 0 Å². The van der Waals surface area contributed by atoms with Gasteiger partial charge in [0, 0.05) is 0 Å². The second-order valence-corrected chi connectivity index (χ2v) is 12.2. The van der Waals surface area contributed by atoms with E-state index in [1.54, 1.807) is 0 Å². The summed E-state index contributed by atoms with van der Waals surface area (Å²) in [7, 11) is 9.95. The van der Waals surface area contributed by atoms with Crippen LogP contribution in [0.25, 0.3) is 0 Å². The molecular formula is C20H30Cl2U-2.